The van der Waals surface area contributed by atoms with Crippen LogP contribution in [0.2, 0.25) is 0 Å². The van der Waals surface area contributed by atoms with E-state index in [0.717, 1.165) is 16.8 Å². The molecule has 0 atom stereocenters. The number of nitrogens with zero attached hydrogens (tertiary/aromatic N) is 4. The fourth-order valence-corrected chi connectivity index (χ4v) is 2.37. The average Bonchev–Trinajstić information content (AvgIpc) is 2.66. The lowest BCUT2D eigenvalue weighted by atomic mass is 10.1. The highest BCUT2D eigenvalue weighted by molar-refractivity contribution is 5.99. The lowest BCUT2D eigenvalue weighted by molar-refractivity contribution is -0.384. The van der Waals surface area contributed by atoms with Gasteiger partial charge in [0, 0.05) is 29.5 Å². The Labute approximate surface area is 150 Å². The molecule has 7 nitrogen and oxygen atoms in total. The quantitative estimate of drug-likeness (QED) is 0.424. The van der Waals surface area contributed by atoms with Gasteiger partial charge in [-0.2, -0.15) is 5.10 Å². The molecule has 0 saturated heterocycles. The van der Waals surface area contributed by atoms with Crippen molar-refractivity contribution in [3.8, 4) is 11.4 Å². The summed E-state index contributed by atoms with van der Waals surface area (Å²) >= 11 is 0. The molecule has 1 heterocycles. The van der Waals surface area contributed by atoms with E-state index in [0.29, 0.717) is 17.4 Å². The highest BCUT2D eigenvalue weighted by Crippen LogP contribution is 2.18. The van der Waals surface area contributed by atoms with E-state index in [2.05, 4.69) is 20.5 Å². The number of aryl methyl sites for hydroxylation is 1. The van der Waals surface area contributed by atoms with Crippen LogP contribution in [0, 0.1) is 17.0 Å². The number of anilines is 1. The SMILES string of the molecule is C/C(=N/Nc1cc(C)nc(-c2ccccc2)n1)c1ccc([N+](=O)[O-])cc1. The molecular formula is C19H17N5O2. The molecule has 1 aromatic heterocycles. The zero-order valence-electron chi connectivity index (χ0n) is 14.4. The van der Waals surface area contributed by atoms with Crippen molar-refractivity contribution in [3.63, 3.8) is 0 Å². The van der Waals surface area contributed by atoms with Crippen LogP contribution in [0.25, 0.3) is 11.4 Å². The number of aromatic nitrogens is 2. The maximum Gasteiger partial charge on any atom is 0.269 e. The van der Waals surface area contributed by atoms with Crippen LogP contribution in [0.1, 0.15) is 18.2 Å². The third-order valence-corrected chi connectivity index (χ3v) is 3.72. The zero-order chi connectivity index (χ0) is 18.5. The number of hydrazone groups is 1. The summed E-state index contributed by atoms with van der Waals surface area (Å²) in [6.45, 7) is 3.71. The first-order valence-corrected chi connectivity index (χ1v) is 7.99. The van der Waals surface area contributed by atoms with Gasteiger partial charge in [0.05, 0.1) is 10.6 Å². The van der Waals surface area contributed by atoms with Gasteiger partial charge in [0.25, 0.3) is 5.69 Å². The van der Waals surface area contributed by atoms with Crippen molar-refractivity contribution in [2.75, 3.05) is 5.43 Å². The Kier molecular flexibility index (Phi) is 4.98. The van der Waals surface area contributed by atoms with Gasteiger partial charge in [-0.15, -0.1) is 0 Å². The molecule has 0 spiro atoms. The van der Waals surface area contributed by atoms with Crippen molar-refractivity contribution in [1.29, 1.82) is 0 Å². The van der Waals surface area contributed by atoms with Crippen molar-refractivity contribution in [3.05, 3.63) is 82.0 Å². The molecule has 7 heteroatoms. The number of benzene rings is 2. The standard InChI is InChI=1S/C19H17N5O2/c1-13-12-18(21-19(20-13)16-6-4-3-5-7-16)23-22-14(2)15-8-10-17(11-9-15)24(25)26/h3-12H,1-2H3,(H,20,21,23)/b22-14-. The molecular weight excluding hydrogens is 330 g/mol. The monoisotopic (exact) mass is 347 g/mol. The molecule has 1 N–H and O–H groups in total. The normalized spacial score (nSPS) is 11.2. The third kappa shape index (κ3) is 4.07. The van der Waals surface area contributed by atoms with Gasteiger partial charge in [-0.25, -0.2) is 9.97 Å². The first kappa shape index (κ1) is 17.2. The van der Waals surface area contributed by atoms with Crippen LogP contribution >= 0.6 is 0 Å². The predicted octanol–water partition coefficient (Wildman–Crippen LogP) is 4.20. The molecule has 3 rings (SSSR count). The summed E-state index contributed by atoms with van der Waals surface area (Å²) in [5.74, 6) is 1.20. The summed E-state index contributed by atoms with van der Waals surface area (Å²) in [5.41, 5.74) is 6.21. The second kappa shape index (κ2) is 7.52. The Balaban J connectivity index is 1.81. The molecule has 0 aliphatic rings. The molecule has 3 aromatic rings. The molecule has 0 amide bonds. The summed E-state index contributed by atoms with van der Waals surface area (Å²) in [6.07, 6.45) is 0. The molecule has 0 unspecified atom stereocenters. The summed E-state index contributed by atoms with van der Waals surface area (Å²) in [5, 5.41) is 15.0. The van der Waals surface area contributed by atoms with Gasteiger partial charge in [0.2, 0.25) is 0 Å². The van der Waals surface area contributed by atoms with Crippen LogP contribution in [-0.2, 0) is 0 Å². The lowest BCUT2D eigenvalue weighted by Crippen LogP contribution is -2.03. The van der Waals surface area contributed by atoms with Gasteiger partial charge in [-0.1, -0.05) is 30.3 Å². The molecule has 0 aliphatic carbocycles. The van der Waals surface area contributed by atoms with Crippen LogP contribution in [-0.4, -0.2) is 20.6 Å². The summed E-state index contributed by atoms with van der Waals surface area (Å²) in [4.78, 5) is 19.2. The largest absolute Gasteiger partial charge is 0.269 e. The number of non-ortho nitro benzene ring substituents is 1. The highest BCUT2D eigenvalue weighted by Gasteiger charge is 2.07. The van der Waals surface area contributed by atoms with Gasteiger partial charge < -0.3 is 0 Å². The number of hydrogen-bond acceptors (Lipinski definition) is 6. The summed E-state index contributed by atoms with van der Waals surface area (Å²) in [6, 6.07) is 17.8. The zero-order valence-corrected chi connectivity index (χ0v) is 14.4. The van der Waals surface area contributed by atoms with E-state index in [1.807, 2.05) is 44.2 Å². The minimum atomic E-state index is -0.427. The average molecular weight is 347 g/mol. The maximum atomic E-state index is 10.7. The Morgan fingerprint density at radius 1 is 1.08 bits per heavy atom. The Bertz CT molecular complexity index is 953. The molecule has 2 aromatic carbocycles. The molecule has 0 aliphatic heterocycles. The van der Waals surface area contributed by atoms with Crippen molar-refractivity contribution in [1.82, 2.24) is 9.97 Å². The smallest absolute Gasteiger partial charge is 0.261 e. The fourth-order valence-electron chi connectivity index (χ4n) is 2.37. The van der Waals surface area contributed by atoms with E-state index in [1.54, 1.807) is 18.2 Å². The van der Waals surface area contributed by atoms with Crippen LogP contribution in [0.15, 0.2) is 65.8 Å². The van der Waals surface area contributed by atoms with Crippen molar-refractivity contribution in [2.45, 2.75) is 13.8 Å². The van der Waals surface area contributed by atoms with Crippen molar-refractivity contribution in [2.24, 2.45) is 5.10 Å². The van der Waals surface area contributed by atoms with E-state index < -0.39 is 4.92 Å². The first-order valence-electron chi connectivity index (χ1n) is 7.99. The van der Waals surface area contributed by atoms with Crippen LogP contribution in [0.4, 0.5) is 11.5 Å². The molecule has 0 saturated carbocycles. The van der Waals surface area contributed by atoms with E-state index in [9.17, 15) is 10.1 Å². The molecule has 0 fully saturated rings. The second-order valence-corrected chi connectivity index (χ2v) is 5.70. The van der Waals surface area contributed by atoms with Crippen molar-refractivity contribution < 1.29 is 4.92 Å². The van der Waals surface area contributed by atoms with Gasteiger partial charge >= 0.3 is 0 Å². The van der Waals surface area contributed by atoms with Crippen molar-refractivity contribution >= 4 is 17.2 Å². The Hall–Kier alpha value is -3.61. The number of nitrogens with one attached hydrogen (secondary N) is 1. The number of nitro groups is 1. The number of rotatable bonds is 5. The molecule has 130 valence electrons. The number of nitro benzene ring substituents is 1. The van der Waals surface area contributed by atoms with Crippen LogP contribution < -0.4 is 5.43 Å². The highest BCUT2D eigenvalue weighted by atomic mass is 16.6. The summed E-state index contributed by atoms with van der Waals surface area (Å²) < 4.78 is 0. The first-order chi connectivity index (χ1) is 12.5. The Morgan fingerprint density at radius 2 is 1.77 bits per heavy atom. The Morgan fingerprint density at radius 3 is 2.42 bits per heavy atom. The lowest BCUT2D eigenvalue weighted by Gasteiger charge is -2.07. The minimum Gasteiger partial charge on any atom is -0.261 e. The van der Waals surface area contributed by atoms with E-state index in [-0.39, 0.29) is 5.69 Å². The molecule has 26 heavy (non-hydrogen) atoms. The van der Waals surface area contributed by atoms with Crippen LogP contribution in [0.3, 0.4) is 0 Å². The van der Waals surface area contributed by atoms with Crippen LogP contribution in [0.5, 0.6) is 0 Å². The van der Waals surface area contributed by atoms with Gasteiger partial charge in [-0.05, 0) is 31.5 Å². The molecule has 0 radical (unpaired) electrons. The van der Waals surface area contributed by atoms with Gasteiger partial charge in [0.1, 0.15) is 0 Å². The minimum absolute atomic E-state index is 0.0495. The topological polar surface area (TPSA) is 93.3 Å². The van der Waals surface area contributed by atoms with Gasteiger partial charge in [-0.3, -0.25) is 15.5 Å². The van der Waals surface area contributed by atoms with E-state index >= 15 is 0 Å². The third-order valence-electron chi connectivity index (χ3n) is 3.72. The molecule has 0 bridgehead atoms. The predicted molar refractivity (Wildman–Crippen MR) is 101 cm³/mol. The second-order valence-electron chi connectivity index (χ2n) is 5.70. The summed E-state index contributed by atoms with van der Waals surface area (Å²) in [7, 11) is 0. The van der Waals surface area contributed by atoms with E-state index in [4.69, 9.17) is 0 Å². The maximum absolute atomic E-state index is 10.7. The number of hydrogen-bond donors (Lipinski definition) is 1. The van der Waals surface area contributed by atoms with E-state index in [1.165, 1.54) is 12.1 Å². The fraction of sp³-hybridized carbons (Fsp3) is 0.105. The van der Waals surface area contributed by atoms with Gasteiger partial charge in [0.15, 0.2) is 11.6 Å².